The van der Waals surface area contributed by atoms with Gasteiger partial charge in [-0.15, -0.1) is 0 Å². The molecule has 0 aromatic heterocycles. The van der Waals surface area contributed by atoms with E-state index in [2.05, 4.69) is 23.2 Å². The van der Waals surface area contributed by atoms with Gasteiger partial charge in [0.25, 0.3) is 5.13 Å². The summed E-state index contributed by atoms with van der Waals surface area (Å²) < 4.78 is 56.8. The maximum absolute atomic E-state index is 12.5. The van der Waals surface area contributed by atoms with E-state index in [1.54, 1.807) is 0 Å². The van der Waals surface area contributed by atoms with Crippen molar-refractivity contribution in [1.29, 1.82) is 0 Å². The molecule has 8 heteroatoms. The third kappa shape index (κ3) is 4.27. The Balaban J connectivity index is 4.44. The van der Waals surface area contributed by atoms with Crippen molar-refractivity contribution < 1.29 is 22.0 Å². The van der Waals surface area contributed by atoms with Gasteiger partial charge in [-0.2, -0.15) is 17.6 Å². The molecule has 0 saturated heterocycles. The molecule has 0 rings (SSSR count). The molecule has 0 aliphatic rings. The van der Waals surface area contributed by atoms with Gasteiger partial charge in [0.2, 0.25) is 0 Å². The average molecular weight is 343 g/mol. The summed E-state index contributed by atoms with van der Waals surface area (Å²) >= 11 is 9.11. The second-order valence-electron chi connectivity index (χ2n) is 1.99. The Bertz CT molecular complexity index is 160. The zero-order valence-corrected chi connectivity index (χ0v) is 8.90. The van der Waals surface area contributed by atoms with Crippen LogP contribution < -0.4 is 0 Å². The van der Waals surface area contributed by atoms with Crippen molar-refractivity contribution in [3.8, 4) is 0 Å². The highest BCUT2D eigenvalue weighted by Gasteiger charge is 2.56. The van der Waals surface area contributed by atoms with E-state index in [1.807, 2.05) is 0 Å². The minimum absolute atomic E-state index is 0.492. The Morgan fingerprint density at radius 3 is 1.42 bits per heavy atom. The maximum atomic E-state index is 12.5. The standard InChI is InChI=1S/C4H2Cl2F5I/c5-2(7,4(6,10)11)1-3(8,9)12/h1H2. The molecule has 0 aliphatic carbocycles. The van der Waals surface area contributed by atoms with Gasteiger partial charge in [-0.05, 0) is 34.2 Å². The first-order valence-electron chi connectivity index (χ1n) is 2.47. The maximum Gasteiger partial charge on any atom is 0.369 e. The summed E-state index contributed by atoms with van der Waals surface area (Å²) in [5.41, 5.74) is 0. The molecular formula is C4H2Cl2F5I. The molecule has 0 N–H and O–H groups in total. The lowest BCUT2D eigenvalue weighted by molar-refractivity contribution is -0.0543. The molecule has 0 nitrogen and oxygen atoms in total. The summed E-state index contributed by atoms with van der Waals surface area (Å²) in [6.45, 7) is 0. The van der Waals surface area contributed by atoms with E-state index < -0.39 is 20.9 Å². The second kappa shape index (κ2) is 3.61. The summed E-state index contributed by atoms with van der Waals surface area (Å²) in [6, 6.07) is 0. The molecule has 0 aromatic carbocycles. The van der Waals surface area contributed by atoms with Crippen molar-refractivity contribution in [2.24, 2.45) is 0 Å². The Labute approximate surface area is 88.5 Å². The van der Waals surface area contributed by atoms with E-state index in [9.17, 15) is 22.0 Å². The summed E-state index contributed by atoms with van der Waals surface area (Å²) in [7, 11) is 0. The van der Waals surface area contributed by atoms with Crippen LogP contribution in [0, 0.1) is 0 Å². The molecule has 1 atom stereocenters. The van der Waals surface area contributed by atoms with Crippen molar-refractivity contribution in [3.05, 3.63) is 0 Å². The molecule has 0 fully saturated rings. The van der Waals surface area contributed by atoms with Crippen LogP contribution in [0.1, 0.15) is 6.42 Å². The van der Waals surface area contributed by atoms with E-state index in [1.165, 1.54) is 0 Å². The molecule has 1 unspecified atom stereocenters. The fourth-order valence-electron chi connectivity index (χ4n) is 0.352. The topological polar surface area (TPSA) is 0 Å². The largest absolute Gasteiger partial charge is 0.369 e. The molecule has 0 saturated carbocycles. The number of hydrogen-bond acceptors (Lipinski definition) is 0. The number of rotatable bonds is 3. The summed E-state index contributed by atoms with van der Waals surface area (Å²) in [6.07, 6.45) is -1.85. The van der Waals surface area contributed by atoms with E-state index in [0.29, 0.717) is 22.6 Å². The Morgan fingerprint density at radius 1 is 1.00 bits per heavy atom. The lowest BCUT2D eigenvalue weighted by Gasteiger charge is -2.24. The van der Waals surface area contributed by atoms with Gasteiger partial charge in [0.05, 0.1) is 6.42 Å². The van der Waals surface area contributed by atoms with Gasteiger partial charge in [-0.25, -0.2) is 4.39 Å². The van der Waals surface area contributed by atoms with Crippen molar-refractivity contribution >= 4 is 45.8 Å². The highest BCUT2D eigenvalue weighted by atomic mass is 127. The summed E-state index contributed by atoms with van der Waals surface area (Å²) in [4.78, 5) is 0. The lowest BCUT2D eigenvalue weighted by Crippen LogP contribution is -2.38. The molecule has 0 heterocycles. The molecule has 12 heavy (non-hydrogen) atoms. The first-order chi connectivity index (χ1) is 4.96. The molecular weight excluding hydrogens is 341 g/mol. The zero-order valence-electron chi connectivity index (χ0n) is 5.23. The van der Waals surface area contributed by atoms with Gasteiger partial charge in [0.15, 0.2) is 0 Å². The molecule has 0 bridgehead atoms. The van der Waals surface area contributed by atoms with Gasteiger partial charge in [0, 0.05) is 0 Å². The fourth-order valence-corrected chi connectivity index (χ4v) is 1.34. The van der Waals surface area contributed by atoms with Crippen molar-refractivity contribution in [2.45, 2.75) is 20.9 Å². The zero-order chi connectivity index (χ0) is 10.2. The first-order valence-corrected chi connectivity index (χ1v) is 4.30. The third-order valence-corrected chi connectivity index (χ3v) is 1.99. The van der Waals surface area contributed by atoms with E-state index in [0.717, 1.165) is 0 Å². The quantitative estimate of drug-likeness (QED) is 0.411. The van der Waals surface area contributed by atoms with Gasteiger partial charge in [-0.3, -0.25) is 0 Å². The van der Waals surface area contributed by atoms with Crippen molar-refractivity contribution in [1.82, 2.24) is 0 Å². The predicted octanol–water partition coefficient (Wildman–Crippen LogP) is 4.14. The SMILES string of the molecule is FC(F)(I)CC(F)(Cl)C(F)(F)Cl. The fraction of sp³-hybridized carbons (Fsp3) is 1.00. The minimum Gasteiger partial charge on any atom is -0.218 e. The van der Waals surface area contributed by atoms with Gasteiger partial charge < -0.3 is 0 Å². The summed E-state index contributed by atoms with van der Waals surface area (Å²) in [5, 5.41) is -8.44. The summed E-state index contributed by atoms with van der Waals surface area (Å²) in [5.74, 6) is 0. The van der Waals surface area contributed by atoms with Gasteiger partial charge in [-0.1, -0.05) is 11.6 Å². The van der Waals surface area contributed by atoms with Crippen molar-refractivity contribution in [2.75, 3.05) is 0 Å². The van der Waals surface area contributed by atoms with Crippen LogP contribution in [0.3, 0.4) is 0 Å². The Kier molecular flexibility index (Phi) is 3.89. The van der Waals surface area contributed by atoms with Crippen LogP contribution >= 0.6 is 45.8 Å². The van der Waals surface area contributed by atoms with Crippen LogP contribution in [0.25, 0.3) is 0 Å². The average Bonchev–Trinajstić information content (AvgIpc) is 1.52. The van der Waals surface area contributed by atoms with Crippen LogP contribution in [-0.2, 0) is 0 Å². The van der Waals surface area contributed by atoms with Gasteiger partial charge in [0.1, 0.15) is 0 Å². The highest BCUT2D eigenvalue weighted by Crippen LogP contribution is 2.47. The van der Waals surface area contributed by atoms with Crippen LogP contribution in [0.5, 0.6) is 0 Å². The number of halogens is 8. The van der Waals surface area contributed by atoms with E-state index >= 15 is 0 Å². The molecule has 74 valence electrons. The monoisotopic (exact) mass is 342 g/mol. The van der Waals surface area contributed by atoms with Crippen LogP contribution in [0.15, 0.2) is 0 Å². The Morgan fingerprint density at radius 2 is 1.33 bits per heavy atom. The second-order valence-corrected chi connectivity index (χ2v) is 4.65. The van der Waals surface area contributed by atoms with Crippen LogP contribution in [0.4, 0.5) is 22.0 Å². The lowest BCUT2D eigenvalue weighted by atomic mass is 10.3. The molecule has 0 radical (unpaired) electrons. The molecule has 0 aliphatic heterocycles. The third-order valence-electron chi connectivity index (χ3n) is 0.837. The minimum atomic E-state index is -4.51. The Hall–Kier alpha value is 0.960. The number of alkyl halides is 8. The molecule has 0 amide bonds. The first kappa shape index (κ1) is 13.0. The van der Waals surface area contributed by atoms with Crippen molar-refractivity contribution in [3.63, 3.8) is 0 Å². The smallest absolute Gasteiger partial charge is 0.218 e. The predicted molar refractivity (Wildman–Crippen MR) is 44.1 cm³/mol. The van der Waals surface area contributed by atoms with Gasteiger partial charge >= 0.3 is 9.31 Å². The highest BCUT2D eigenvalue weighted by molar-refractivity contribution is 14.1. The molecule has 0 aromatic rings. The molecule has 0 spiro atoms. The normalized spacial score (nSPS) is 19.0. The van der Waals surface area contributed by atoms with Crippen LogP contribution in [0.2, 0.25) is 0 Å². The van der Waals surface area contributed by atoms with E-state index in [-0.39, 0.29) is 0 Å². The number of hydrogen-bond donors (Lipinski definition) is 0. The van der Waals surface area contributed by atoms with E-state index in [4.69, 9.17) is 0 Å². The van der Waals surface area contributed by atoms with Crippen LogP contribution in [-0.4, -0.2) is 14.4 Å².